The fourth-order valence-electron chi connectivity index (χ4n) is 2.17. The van der Waals surface area contributed by atoms with Crippen LogP contribution in [0, 0.1) is 0 Å². The average Bonchev–Trinajstić information content (AvgIpc) is 3.10. The van der Waals surface area contributed by atoms with Crippen LogP contribution in [0.25, 0.3) is 0 Å². The van der Waals surface area contributed by atoms with Gasteiger partial charge in [-0.15, -0.1) is 11.3 Å². The van der Waals surface area contributed by atoms with Crippen molar-refractivity contribution < 1.29 is 9.53 Å². The van der Waals surface area contributed by atoms with Crippen LogP contribution in [0.1, 0.15) is 16.1 Å². The number of likely N-dealkylation sites (tertiary alicyclic amines) is 1. The van der Waals surface area contributed by atoms with Crippen molar-refractivity contribution in [2.24, 2.45) is 0 Å². The molecule has 0 aromatic carbocycles. The molecule has 2 aromatic heterocycles. The summed E-state index contributed by atoms with van der Waals surface area (Å²) < 4.78 is 5.84. The predicted molar refractivity (Wildman–Crippen MR) is 73.5 cm³/mol. The Morgan fingerprint density at radius 2 is 2.21 bits per heavy atom. The molecule has 0 bridgehead atoms. The highest BCUT2D eigenvalue weighted by Crippen LogP contribution is 2.20. The van der Waals surface area contributed by atoms with Gasteiger partial charge in [-0.2, -0.15) is 0 Å². The molecule has 3 heterocycles. The van der Waals surface area contributed by atoms with Gasteiger partial charge in [-0.1, -0.05) is 6.07 Å². The third-order valence-corrected chi connectivity index (χ3v) is 3.97. The highest BCUT2D eigenvalue weighted by atomic mass is 32.1. The molecule has 0 aliphatic carbocycles. The summed E-state index contributed by atoms with van der Waals surface area (Å²) >= 11 is 1.48. The highest BCUT2D eigenvalue weighted by molar-refractivity contribution is 7.12. The van der Waals surface area contributed by atoms with Crippen LogP contribution in [-0.2, 0) is 0 Å². The summed E-state index contributed by atoms with van der Waals surface area (Å²) in [6, 6.07) is 7.44. The van der Waals surface area contributed by atoms with Crippen molar-refractivity contribution in [3.63, 3.8) is 0 Å². The molecular formula is C14H14N2O2S. The van der Waals surface area contributed by atoms with Crippen molar-refractivity contribution in [2.75, 3.05) is 13.1 Å². The van der Waals surface area contributed by atoms with Gasteiger partial charge in [0.2, 0.25) is 0 Å². The second-order valence-corrected chi connectivity index (χ2v) is 5.39. The van der Waals surface area contributed by atoms with E-state index < -0.39 is 0 Å². The van der Waals surface area contributed by atoms with Crippen LogP contribution < -0.4 is 4.74 Å². The molecule has 2 aromatic rings. The molecule has 19 heavy (non-hydrogen) atoms. The predicted octanol–water partition coefficient (Wildman–Crippen LogP) is 2.44. The maximum absolute atomic E-state index is 12.2. The molecule has 1 aliphatic heterocycles. The Hall–Kier alpha value is -1.88. The van der Waals surface area contributed by atoms with Gasteiger partial charge in [-0.3, -0.25) is 9.78 Å². The SMILES string of the molecule is O=C(c1cccs1)N1CC[C@@H](Oc2ccncc2)C1. The number of aromatic nitrogens is 1. The molecule has 0 N–H and O–H groups in total. The van der Waals surface area contributed by atoms with Crippen molar-refractivity contribution in [2.45, 2.75) is 12.5 Å². The number of rotatable bonds is 3. The van der Waals surface area contributed by atoms with Crippen molar-refractivity contribution in [3.8, 4) is 5.75 Å². The lowest BCUT2D eigenvalue weighted by Gasteiger charge is -2.16. The van der Waals surface area contributed by atoms with Gasteiger partial charge in [0.1, 0.15) is 11.9 Å². The first-order valence-electron chi connectivity index (χ1n) is 6.22. The Morgan fingerprint density at radius 1 is 1.37 bits per heavy atom. The fraction of sp³-hybridized carbons (Fsp3) is 0.286. The van der Waals surface area contributed by atoms with Crippen LogP contribution in [0.2, 0.25) is 0 Å². The van der Waals surface area contributed by atoms with E-state index in [0.29, 0.717) is 6.54 Å². The first kappa shape index (κ1) is 12.2. The normalized spacial score (nSPS) is 18.5. The molecule has 1 saturated heterocycles. The Morgan fingerprint density at radius 3 is 2.95 bits per heavy atom. The van der Waals surface area contributed by atoms with Crippen LogP contribution in [0.5, 0.6) is 5.75 Å². The quantitative estimate of drug-likeness (QED) is 0.863. The molecule has 0 saturated carbocycles. The van der Waals surface area contributed by atoms with Gasteiger partial charge < -0.3 is 9.64 Å². The van der Waals surface area contributed by atoms with Gasteiger partial charge in [-0.25, -0.2) is 0 Å². The van der Waals surface area contributed by atoms with Crippen LogP contribution in [0.15, 0.2) is 42.0 Å². The maximum Gasteiger partial charge on any atom is 0.264 e. The lowest BCUT2D eigenvalue weighted by molar-refractivity contribution is 0.0777. The Balaban J connectivity index is 1.60. The zero-order chi connectivity index (χ0) is 13.1. The zero-order valence-electron chi connectivity index (χ0n) is 10.4. The summed E-state index contributed by atoms with van der Waals surface area (Å²) in [4.78, 5) is 18.8. The minimum absolute atomic E-state index is 0.0753. The summed E-state index contributed by atoms with van der Waals surface area (Å²) in [5.41, 5.74) is 0. The highest BCUT2D eigenvalue weighted by Gasteiger charge is 2.28. The second-order valence-electron chi connectivity index (χ2n) is 4.44. The number of ether oxygens (including phenoxy) is 1. The van der Waals surface area contributed by atoms with E-state index in [0.717, 1.165) is 23.6 Å². The molecule has 0 unspecified atom stereocenters. The summed E-state index contributed by atoms with van der Waals surface area (Å²) in [5, 5.41) is 1.92. The number of pyridine rings is 1. The number of hydrogen-bond donors (Lipinski definition) is 0. The molecule has 0 spiro atoms. The largest absolute Gasteiger partial charge is 0.488 e. The number of amides is 1. The van der Waals surface area contributed by atoms with E-state index in [4.69, 9.17) is 4.74 Å². The molecule has 1 atom stereocenters. The molecule has 98 valence electrons. The van der Waals surface area contributed by atoms with Crippen molar-refractivity contribution in [1.29, 1.82) is 0 Å². The maximum atomic E-state index is 12.2. The molecule has 5 heteroatoms. The van der Waals surface area contributed by atoms with Gasteiger partial charge in [0.15, 0.2) is 0 Å². The average molecular weight is 274 g/mol. The number of hydrogen-bond acceptors (Lipinski definition) is 4. The van der Waals surface area contributed by atoms with E-state index in [2.05, 4.69) is 4.98 Å². The van der Waals surface area contributed by atoms with E-state index >= 15 is 0 Å². The van der Waals surface area contributed by atoms with Gasteiger partial charge in [-0.05, 0) is 23.6 Å². The van der Waals surface area contributed by atoms with E-state index in [1.165, 1.54) is 11.3 Å². The first-order chi connectivity index (χ1) is 9.33. The lowest BCUT2D eigenvalue weighted by atomic mass is 10.3. The second kappa shape index (κ2) is 5.40. The number of carbonyl (C=O) groups excluding carboxylic acids is 1. The van der Waals surface area contributed by atoms with Gasteiger partial charge in [0.05, 0.1) is 11.4 Å². The summed E-state index contributed by atoms with van der Waals surface area (Å²) in [6.07, 6.45) is 4.36. The standard InChI is InChI=1S/C14H14N2O2S/c17-14(13-2-1-9-19-13)16-8-5-12(10-16)18-11-3-6-15-7-4-11/h1-4,6-7,9,12H,5,8,10H2/t12-/m1/s1. The van der Waals surface area contributed by atoms with E-state index in [-0.39, 0.29) is 12.0 Å². The third kappa shape index (κ3) is 2.76. The fourth-order valence-corrected chi connectivity index (χ4v) is 2.86. The Labute approximate surface area is 115 Å². The van der Waals surface area contributed by atoms with Gasteiger partial charge in [0, 0.05) is 25.4 Å². The van der Waals surface area contributed by atoms with Crippen molar-refractivity contribution in [3.05, 3.63) is 46.9 Å². The van der Waals surface area contributed by atoms with Crippen LogP contribution in [-0.4, -0.2) is 35.0 Å². The lowest BCUT2D eigenvalue weighted by Crippen LogP contribution is -2.30. The van der Waals surface area contributed by atoms with E-state index in [9.17, 15) is 4.79 Å². The molecule has 1 amide bonds. The molecule has 4 nitrogen and oxygen atoms in total. The number of carbonyl (C=O) groups is 1. The minimum atomic E-state index is 0.0753. The van der Waals surface area contributed by atoms with Gasteiger partial charge in [0.25, 0.3) is 5.91 Å². The monoisotopic (exact) mass is 274 g/mol. The summed E-state index contributed by atoms with van der Waals surface area (Å²) in [6.45, 7) is 1.41. The van der Waals surface area contributed by atoms with Crippen molar-refractivity contribution >= 4 is 17.2 Å². The number of thiophene rings is 1. The smallest absolute Gasteiger partial charge is 0.264 e. The molecule has 0 radical (unpaired) electrons. The molecule has 1 aliphatic rings. The zero-order valence-corrected chi connectivity index (χ0v) is 11.2. The van der Waals surface area contributed by atoms with E-state index in [1.54, 1.807) is 12.4 Å². The molecule has 1 fully saturated rings. The summed E-state index contributed by atoms with van der Waals surface area (Å²) in [7, 11) is 0. The third-order valence-electron chi connectivity index (χ3n) is 3.12. The number of nitrogens with zero attached hydrogens (tertiary/aromatic N) is 2. The van der Waals surface area contributed by atoms with Crippen LogP contribution in [0.4, 0.5) is 0 Å². The van der Waals surface area contributed by atoms with E-state index in [1.807, 2.05) is 34.5 Å². The van der Waals surface area contributed by atoms with Crippen LogP contribution in [0.3, 0.4) is 0 Å². The first-order valence-corrected chi connectivity index (χ1v) is 7.10. The molecular weight excluding hydrogens is 260 g/mol. The Bertz CT molecular complexity index is 542. The topological polar surface area (TPSA) is 42.4 Å². The molecule has 3 rings (SSSR count). The van der Waals surface area contributed by atoms with Crippen molar-refractivity contribution in [1.82, 2.24) is 9.88 Å². The summed E-state index contributed by atoms with van der Waals surface area (Å²) in [5.74, 6) is 0.918. The Kier molecular flexibility index (Phi) is 3.46. The van der Waals surface area contributed by atoms with Gasteiger partial charge >= 0.3 is 0 Å². The minimum Gasteiger partial charge on any atom is -0.488 e. The van der Waals surface area contributed by atoms with Crippen LogP contribution >= 0.6 is 11.3 Å².